The van der Waals surface area contributed by atoms with Crippen molar-refractivity contribution in [2.45, 2.75) is 6.92 Å². The van der Waals surface area contributed by atoms with Crippen LogP contribution in [0.5, 0.6) is 5.88 Å². The van der Waals surface area contributed by atoms with Gasteiger partial charge in [-0.2, -0.15) is 0 Å². The summed E-state index contributed by atoms with van der Waals surface area (Å²) in [6.45, 7) is 2.59. The van der Waals surface area contributed by atoms with E-state index in [2.05, 4.69) is 4.98 Å². The summed E-state index contributed by atoms with van der Waals surface area (Å²) in [7, 11) is 0. The standard InChI is InChI=1S/C11H12N2O/c1-2-14-11-6-5-10(9-12-11)13-7-3-4-8-13/h3-9H,2H2,1H3. The predicted molar refractivity (Wildman–Crippen MR) is 54.7 cm³/mol. The van der Waals surface area contributed by atoms with Crippen LogP contribution in [0.1, 0.15) is 6.92 Å². The zero-order valence-corrected chi connectivity index (χ0v) is 8.05. The van der Waals surface area contributed by atoms with Gasteiger partial charge in [-0.25, -0.2) is 4.98 Å². The molecule has 0 saturated carbocycles. The van der Waals surface area contributed by atoms with Crippen LogP contribution in [0.25, 0.3) is 5.69 Å². The molecule has 2 rings (SSSR count). The first kappa shape index (κ1) is 8.81. The Bertz CT molecular complexity index is 378. The number of ether oxygens (including phenoxy) is 1. The lowest BCUT2D eigenvalue weighted by atomic mass is 10.4. The van der Waals surface area contributed by atoms with Gasteiger partial charge in [-0.05, 0) is 25.1 Å². The second-order valence-electron chi connectivity index (χ2n) is 2.88. The fraction of sp³-hybridized carbons (Fsp3) is 0.182. The van der Waals surface area contributed by atoms with Crippen LogP contribution in [0.3, 0.4) is 0 Å². The topological polar surface area (TPSA) is 27.1 Å². The monoisotopic (exact) mass is 188 g/mol. The lowest BCUT2D eigenvalue weighted by Gasteiger charge is -2.04. The van der Waals surface area contributed by atoms with Gasteiger partial charge in [-0.15, -0.1) is 0 Å². The van der Waals surface area contributed by atoms with Crippen LogP contribution >= 0.6 is 0 Å². The minimum absolute atomic E-state index is 0.649. The highest BCUT2D eigenvalue weighted by atomic mass is 16.5. The van der Waals surface area contributed by atoms with E-state index in [4.69, 9.17) is 4.74 Å². The van der Waals surface area contributed by atoms with Crippen LogP contribution in [-0.2, 0) is 0 Å². The largest absolute Gasteiger partial charge is 0.478 e. The molecule has 0 spiro atoms. The van der Waals surface area contributed by atoms with Crippen molar-refractivity contribution in [3.63, 3.8) is 0 Å². The first-order chi connectivity index (χ1) is 6.90. The summed E-state index contributed by atoms with van der Waals surface area (Å²) in [6, 6.07) is 7.82. The van der Waals surface area contributed by atoms with Gasteiger partial charge in [0.15, 0.2) is 0 Å². The number of nitrogens with zero attached hydrogens (tertiary/aromatic N) is 2. The van der Waals surface area contributed by atoms with E-state index in [0.717, 1.165) is 5.69 Å². The van der Waals surface area contributed by atoms with E-state index in [0.29, 0.717) is 12.5 Å². The molecule has 0 saturated heterocycles. The van der Waals surface area contributed by atoms with Crippen LogP contribution < -0.4 is 4.74 Å². The fourth-order valence-electron chi connectivity index (χ4n) is 1.27. The molecule has 0 fully saturated rings. The number of hydrogen-bond acceptors (Lipinski definition) is 2. The van der Waals surface area contributed by atoms with Crippen LogP contribution in [-0.4, -0.2) is 16.2 Å². The average molecular weight is 188 g/mol. The summed E-state index contributed by atoms with van der Waals surface area (Å²) < 4.78 is 7.26. The third kappa shape index (κ3) is 1.76. The molecule has 0 atom stereocenters. The molecule has 2 aromatic heterocycles. The van der Waals surface area contributed by atoms with Crippen LogP contribution in [0.2, 0.25) is 0 Å². The Morgan fingerprint density at radius 1 is 1.29 bits per heavy atom. The van der Waals surface area contributed by atoms with Crippen LogP contribution in [0, 0.1) is 0 Å². The summed E-state index contributed by atoms with van der Waals surface area (Å²) in [5.41, 5.74) is 1.04. The number of aromatic nitrogens is 2. The molecule has 0 radical (unpaired) electrons. The second kappa shape index (κ2) is 3.96. The molecule has 0 aliphatic carbocycles. The summed E-state index contributed by atoms with van der Waals surface area (Å²) in [6.07, 6.45) is 5.76. The molecule has 3 nitrogen and oxygen atoms in total. The third-order valence-electron chi connectivity index (χ3n) is 1.92. The minimum Gasteiger partial charge on any atom is -0.478 e. The maximum atomic E-state index is 5.26. The maximum Gasteiger partial charge on any atom is 0.213 e. The SMILES string of the molecule is CCOc1ccc(-n2cccc2)cn1. The van der Waals surface area contributed by atoms with Crippen molar-refractivity contribution in [3.05, 3.63) is 42.9 Å². The zero-order chi connectivity index (χ0) is 9.80. The summed E-state index contributed by atoms with van der Waals surface area (Å²) >= 11 is 0. The van der Waals surface area contributed by atoms with E-state index in [9.17, 15) is 0 Å². The van der Waals surface area contributed by atoms with Gasteiger partial charge in [-0.1, -0.05) is 0 Å². The van der Waals surface area contributed by atoms with E-state index in [1.54, 1.807) is 6.20 Å². The van der Waals surface area contributed by atoms with Gasteiger partial charge in [0.25, 0.3) is 0 Å². The average Bonchev–Trinajstić information content (AvgIpc) is 2.72. The van der Waals surface area contributed by atoms with Gasteiger partial charge >= 0.3 is 0 Å². The van der Waals surface area contributed by atoms with Crippen molar-refractivity contribution in [2.75, 3.05) is 6.61 Å². The second-order valence-corrected chi connectivity index (χ2v) is 2.88. The van der Waals surface area contributed by atoms with Crippen molar-refractivity contribution < 1.29 is 4.74 Å². The van der Waals surface area contributed by atoms with Gasteiger partial charge in [0.05, 0.1) is 18.5 Å². The molecule has 14 heavy (non-hydrogen) atoms. The summed E-state index contributed by atoms with van der Waals surface area (Å²) in [5, 5.41) is 0. The van der Waals surface area contributed by atoms with Crippen molar-refractivity contribution in [1.82, 2.24) is 9.55 Å². The van der Waals surface area contributed by atoms with Gasteiger partial charge in [0.2, 0.25) is 5.88 Å². The Balaban J connectivity index is 2.22. The Hall–Kier alpha value is -1.77. The van der Waals surface area contributed by atoms with E-state index in [-0.39, 0.29) is 0 Å². The lowest BCUT2D eigenvalue weighted by molar-refractivity contribution is 0.327. The predicted octanol–water partition coefficient (Wildman–Crippen LogP) is 2.27. The normalized spacial score (nSPS) is 10.1. The van der Waals surface area contributed by atoms with E-state index < -0.39 is 0 Å². The third-order valence-corrected chi connectivity index (χ3v) is 1.92. The Morgan fingerprint density at radius 2 is 2.07 bits per heavy atom. The highest BCUT2D eigenvalue weighted by Crippen LogP contribution is 2.11. The smallest absolute Gasteiger partial charge is 0.213 e. The molecule has 3 heteroatoms. The Labute approximate surface area is 83.0 Å². The first-order valence-electron chi connectivity index (χ1n) is 4.62. The van der Waals surface area contributed by atoms with Crippen molar-refractivity contribution in [1.29, 1.82) is 0 Å². The van der Waals surface area contributed by atoms with Gasteiger partial charge < -0.3 is 9.30 Å². The molecule has 0 unspecified atom stereocenters. The van der Waals surface area contributed by atoms with Crippen molar-refractivity contribution >= 4 is 0 Å². The first-order valence-corrected chi connectivity index (χ1v) is 4.62. The molecular weight excluding hydrogens is 176 g/mol. The van der Waals surface area contributed by atoms with Gasteiger partial charge in [0.1, 0.15) is 0 Å². The number of hydrogen-bond donors (Lipinski definition) is 0. The lowest BCUT2D eigenvalue weighted by Crippen LogP contribution is -1.96. The molecule has 72 valence electrons. The Morgan fingerprint density at radius 3 is 2.64 bits per heavy atom. The van der Waals surface area contributed by atoms with E-state index in [1.807, 2.05) is 48.1 Å². The molecule has 2 aromatic rings. The van der Waals surface area contributed by atoms with Crippen LogP contribution in [0.15, 0.2) is 42.9 Å². The van der Waals surface area contributed by atoms with E-state index >= 15 is 0 Å². The summed E-state index contributed by atoms with van der Waals surface area (Å²) in [4.78, 5) is 4.18. The molecule has 0 amide bonds. The zero-order valence-electron chi connectivity index (χ0n) is 8.05. The fourth-order valence-corrected chi connectivity index (χ4v) is 1.27. The maximum absolute atomic E-state index is 5.26. The molecule has 2 heterocycles. The highest BCUT2D eigenvalue weighted by Gasteiger charge is 1.96. The molecular formula is C11H12N2O. The van der Waals surface area contributed by atoms with Crippen molar-refractivity contribution in [3.8, 4) is 11.6 Å². The molecule has 0 aliphatic rings. The number of pyridine rings is 1. The van der Waals surface area contributed by atoms with Crippen LogP contribution in [0.4, 0.5) is 0 Å². The minimum atomic E-state index is 0.649. The Kier molecular flexibility index (Phi) is 2.49. The van der Waals surface area contributed by atoms with Crippen molar-refractivity contribution in [2.24, 2.45) is 0 Å². The quantitative estimate of drug-likeness (QED) is 0.738. The van der Waals surface area contributed by atoms with Gasteiger partial charge in [-0.3, -0.25) is 0 Å². The summed E-state index contributed by atoms with van der Waals surface area (Å²) in [5.74, 6) is 0.670. The molecule has 0 N–H and O–H groups in total. The molecule has 0 aromatic carbocycles. The number of rotatable bonds is 3. The molecule has 0 bridgehead atoms. The highest BCUT2D eigenvalue weighted by molar-refractivity contribution is 5.31. The van der Waals surface area contributed by atoms with Gasteiger partial charge in [0, 0.05) is 18.5 Å². The molecule has 0 aliphatic heterocycles. The van der Waals surface area contributed by atoms with E-state index in [1.165, 1.54) is 0 Å².